The van der Waals surface area contributed by atoms with Gasteiger partial charge in [-0.1, -0.05) is 0 Å². The molecule has 0 spiro atoms. The monoisotopic (exact) mass is 351 g/mol. The topological polar surface area (TPSA) is 55.4 Å². The molecule has 0 saturated heterocycles. The number of methoxy groups -OCH3 is 1. The van der Waals surface area contributed by atoms with Crippen molar-refractivity contribution in [2.45, 2.75) is 19.3 Å². The highest BCUT2D eigenvalue weighted by Gasteiger charge is 2.15. The summed E-state index contributed by atoms with van der Waals surface area (Å²) < 4.78 is 44.4. The summed E-state index contributed by atoms with van der Waals surface area (Å²) in [5.74, 6) is -4.54. The summed E-state index contributed by atoms with van der Waals surface area (Å²) in [6, 6.07) is 8.22. The van der Waals surface area contributed by atoms with Crippen molar-refractivity contribution in [1.29, 1.82) is 0 Å². The van der Waals surface area contributed by atoms with Crippen molar-refractivity contribution in [3.8, 4) is 5.75 Å². The molecule has 4 nitrogen and oxygen atoms in total. The predicted octanol–water partition coefficient (Wildman–Crippen LogP) is 4.10. The summed E-state index contributed by atoms with van der Waals surface area (Å²) in [5.41, 5.74) is 0.0539. The molecule has 0 aliphatic rings. The molecule has 0 unspecified atom stereocenters. The fourth-order valence-corrected chi connectivity index (χ4v) is 2.17. The molecule has 25 heavy (non-hydrogen) atoms. The van der Waals surface area contributed by atoms with Gasteiger partial charge in [-0.05, 0) is 42.8 Å². The minimum atomic E-state index is -1.65. The molecule has 132 valence electrons. The zero-order valence-electron chi connectivity index (χ0n) is 13.4. The predicted molar refractivity (Wildman–Crippen MR) is 86.1 cm³/mol. The maximum absolute atomic E-state index is 13.5. The van der Waals surface area contributed by atoms with Crippen molar-refractivity contribution < 1.29 is 27.5 Å². The molecule has 0 heterocycles. The molecule has 2 aromatic carbocycles. The highest BCUT2D eigenvalue weighted by molar-refractivity contribution is 5.96. The van der Waals surface area contributed by atoms with E-state index in [0.717, 1.165) is 12.1 Å². The Morgan fingerprint density at radius 2 is 1.64 bits per heavy atom. The second kappa shape index (κ2) is 8.32. The van der Waals surface area contributed by atoms with Crippen LogP contribution in [0.5, 0.6) is 5.75 Å². The third-order valence-corrected chi connectivity index (χ3v) is 3.53. The third kappa shape index (κ3) is 4.82. The Bertz CT molecular complexity index is 776. The molecule has 0 aromatic heterocycles. The summed E-state index contributed by atoms with van der Waals surface area (Å²) in [6.07, 6.45) is 0.308. The van der Waals surface area contributed by atoms with E-state index in [-0.39, 0.29) is 25.0 Å². The number of anilines is 1. The molecule has 2 rings (SSSR count). The van der Waals surface area contributed by atoms with E-state index in [1.165, 1.54) is 7.11 Å². The summed E-state index contributed by atoms with van der Waals surface area (Å²) >= 11 is 0. The van der Waals surface area contributed by atoms with Crippen molar-refractivity contribution in [2.75, 3.05) is 12.4 Å². The molecule has 0 saturated carbocycles. The van der Waals surface area contributed by atoms with Crippen molar-refractivity contribution in [1.82, 2.24) is 0 Å². The van der Waals surface area contributed by atoms with Crippen molar-refractivity contribution >= 4 is 17.4 Å². The van der Waals surface area contributed by atoms with Gasteiger partial charge in [-0.25, -0.2) is 13.2 Å². The first-order valence-corrected chi connectivity index (χ1v) is 7.53. The maximum Gasteiger partial charge on any atom is 0.224 e. The maximum atomic E-state index is 13.5. The van der Waals surface area contributed by atoms with Gasteiger partial charge in [-0.15, -0.1) is 0 Å². The van der Waals surface area contributed by atoms with Gasteiger partial charge in [0.2, 0.25) is 5.91 Å². The molecule has 0 bridgehead atoms. The second-order valence-corrected chi connectivity index (χ2v) is 5.28. The number of benzene rings is 2. The smallest absolute Gasteiger partial charge is 0.224 e. The number of carbonyl (C=O) groups is 2. The average molecular weight is 351 g/mol. The van der Waals surface area contributed by atoms with Gasteiger partial charge in [-0.2, -0.15) is 0 Å². The van der Waals surface area contributed by atoms with Crippen LogP contribution in [-0.4, -0.2) is 18.8 Å². The van der Waals surface area contributed by atoms with Crippen LogP contribution in [0, 0.1) is 17.5 Å². The first-order chi connectivity index (χ1) is 11.9. The largest absolute Gasteiger partial charge is 0.497 e. The molecule has 1 amide bonds. The van der Waals surface area contributed by atoms with Crippen LogP contribution in [0.25, 0.3) is 0 Å². The number of amides is 1. The fourth-order valence-electron chi connectivity index (χ4n) is 2.17. The van der Waals surface area contributed by atoms with E-state index < -0.39 is 29.0 Å². The first kappa shape index (κ1) is 18.5. The fraction of sp³-hybridized carbons (Fsp3) is 0.222. The van der Waals surface area contributed by atoms with Gasteiger partial charge in [-0.3, -0.25) is 9.59 Å². The number of halogens is 3. The number of rotatable bonds is 7. The zero-order valence-corrected chi connectivity index (χ0v) is 13.4. The lowest BCUT2D eigenvalue weighted by molar-refractivity contribution is -0.116. The summed E-state index contributed by atoms with van der Waals surface area (Å²) in [5, 5.41) is 2.16. The van der Waals surface area contributed by atoms with Crippen LogP contribution in [0.3, 0.4) is 0 Å². The van der Waals surface area contributed by atoms with Gasteiger partial charge in [0.1, 0.15) is 5.75 Å². The van der Waals surface area contributed by atoms with Crippen LogP contribution in [0.1, 0.15) is 29.6 Å². The van der Waals surface area contributed by atoms with Gasteiger partial charge < -0.3 is 10.1 Å². The minimum Gasteiger partial charge on any atom is -0.497 e. The Morgan fingerprint density at radius 1 is 0.960 bits per heavy atom. The highest BCUT2D eigenvalue weighted by atomic mass is 19.2. The quantitative estimate of drug-likeness (QED) is 0.603. The Morgan fingerprint density at radius 3 is 2.28 bits per heavy atom. The van der Waals surface area contributed by atoms with Crippen molar-refractivity contribution in [3.63, 3.8) is 0 Å². The Kier molecular flexibility index (Phi) is 6.16. The average Bonchev–Trinajstić information content (AvgIpc) is 2.62. The summed E-state index contributed by atoms with van der Waals surface area (Å²) in [4.78, 5) is 23.7. The van der Waals surface area contributed by atoms with Crippen LogP contribution >= 0.6 is 0 Å². The van der Waals surface area contributed by atoms with Gasteiger partial charge in [0.05, 0.1) is 12.8 Å². The SMILES string of the molecule is COc1ccc(C(=O)CCCC(=O)Nc2ccc(F)c(F)c2F)cc1. The van der Waals surface area contributed by atoms with Gasteiger partial charge >= 0.3 is 0 Å². The van der Waals surface area contributed by atoms with Gasteiger partial charge in [0.25, 0.3) is 0 Å². The van der Waals surface area contributed by atoms with Crippen LogP contribution in [-0.2, 0) is 4.79 Å². The van der Waals surface area contributed by atoms with Crippen LogP contribution in [0.15, 0.2) is 36.4 Å². The van der Waals surface area contributed by atoms with Gasteiger partial charge in [0, 0.05) is 18.4 Å². The van der Waals surface area contributed by atoms with E-state index in [9.17, 15) is 22.8 Å². The lowest BCUT2D eigenvalue weighted by Gasteiger charge is -2.07. The molecular weight excluding hydrogens is 335 g/mol. The van der Waals surface area contributed by atoms with Crippen molar-refractivity contribution in [2.24, 2.45) is 0 Å². The number of carbonyl (C=O) groups excluding carboxylic acids is 2. The molecule has 2 aromatic rings. The van der Waals surface area contributed by atoms with Crippen LogP contribution in [0.4, 0.5) is 18.9 Å². The van der Waals surface area contributed by atoms with Crippen molar-refractivity contribution in [3.05, 3.63) is 59.4 Å². The highest BCUT2D eigenvalue weighted by Crippen LogP contribution is 2.20. The van der Waals surface area contributed by atoms with E-state index in [0.29, 0.717) is 11.3 Å². The Labute approximate surface area is 142 Å². The number of hydrogen-bond donors (Lipinski definition) is 1. The van der Waals surface area contributed by atoms with Gasteiger partial charge in [0.15, 0.2) is 23.2 Å². The molecular formula is C18H16F3NO3. The van der Waals surface area contributed by atoms with E-state index >= 15 is 0 Å². The minimum absolute atomic E-state index is 0.0552. The van der Waals surface area contributed by atoms with E-state index in [1.54, 1.807) is 24.3 Å². The molecule has 1 N–H and O–H groups in total. The molecule has 0 atom stereocenters. The lowest BCUT2D eigenvalue weighted by atomic mass is 10.1. The molecule has 0 fully saturated rings. The number of nitrogens with one attached hydrogen (secondary N) is 1. The third-order valence-electron chi connectivity index (χ3n) is 3.53. The standard InChI is InChI=1S/C18H16F3NO3/c1-25-12-7-5-11(6-8-12)15(23)3-2-4-16(24)22-14-10-9-13(19)17(20)18(14)21/h5-10H,2-4H2,1H3,(H,22,24). The summed E-state index contributed by atoms with van der Waals surface area (Å²) in [6.45, 7) is 0. The van der Waals surface area contributed by atoms with E-state index in [4.69, 9.17) is 4.74 Å². The summed E-state index contributed by atoms with van der Waals surface area (Å²) in [7, 11) is 1.52. The normalized spacial score (nSPS) is 10.4. The Balaban J connectivity index is 1.84. The van der Waals surface area contributed by atoms with E-state index in [2.05, 4.69) is 5.32 Å². The lowest BCUT2D eigenvalue weighted by Crippen LogP contribution is -2.14. The van der Waals surface area contributed by atoms with Crippen LogP contribution in [0.2, 0.25) is 0 Å². The van der Waals surface area contributed by atoms with Crippen LogP contribution < -0.4 is 10.1 Å². The first-order valence-electron chi connectivity index (χ1n) is 7.53. The number of Topliss-reactive ketones (excluding diaryl/α,β-unsaturated/α-hetero) is 1. The number of hydrogen-bond acceptors (Lipinski definition) is 3. The molecule has 0 aliphatic heterocycles. The molecule has 0 radical (unpaired) electrons. The Hall–Kier alpha value is -2.83. The zero-order chi connectivity index (χ0) is 18.4. The number of ether oxygens (including phenoxy) is 1. The number of ketones is 1. The second-order valence-electron chi connectivity index (χ2n) is 5.28. The van der Waals surface area contributed by atoms with E-state index in [1.807, 2.05) is 0 Å². The molecule has 7 heteroatoms. The molecule has 0 aliphatic carbocycles.